The monoisotopic (exact) mass is 252 g/mol. The molecule has 0 aromatic carbocycles. The van der Waals surface area contributed by atoms with Gasteiger partial charge < -0.3 is 0 Å². The standard InChI is InChI=1S/C6H5BrN2O2.ClH/c7-5-3-4(1-2-8-5)6(10)9-11;/h1-3,11H,(H,9,10);1H. The maximum atomic E-state index is 10.8. The molecule has 0 saturated heterocycles. The lowest BCUT2D eigenvalue weighted by atomic mass is 10.3. The van der Waals surface area contributed by atoms with Gasteiger partial charge in [-0.25, -0.2) is 10.5 Å². The van der Waals surface area contributed by atoms with Crippen LogP contribution in [0.5, 0.6) is 0 Å². The summed E-state index contributed by atoms with van der Waals surface area (Å²) in [6.45, 7) is 0. The van der Waals surface area contributed by atoms with Gasteiger partial charge >= 0.3 is 0 Å². The van der Waals surface area contributed by atoms with E-state index in [4.69, 9.17) is 5.21 Å². The zero-order valence-corrected chi connectivity index (χ0v) is 8.22. The summed E-state index contributed by atoms with van der Waals surface area (Å²) in [6, 6.07) is 3.00. The molecular formula is C6H6BrClN2O2. The molecule has 66 valence electrons. The van der Waals surface area contributed by atoms with E-state index in [1.54, 1.807) is 0 Å². The average molecular weight is 253 g/mol. The van der Waals surface area contributed by atoms with Crippen LogP contribution in [0.3, 0.4) is 0 Å². The topological polar surface area (TPSA) is 62.2 Å². The Morgan fingerprint density at radius 1 is 1.67 bits per heavy atom. The van der Waals surface area contributed by atoms with E-state index >= 15 is 0 Å². The van der Waals surface area contributed by atoms with Crippen molar-refractivity contribution in [2.75, 3.05) is 0 Å². The zero-order chi connectivity index (χ0) is 8.27. The number of nitrogens with one attached hydrogen (secondary N) is 1. The van der Waals surface area contributed by atoms with Crippen molar-refractivity contribution in [1.82, 2.24) is 10.5 Å². The fraction of sp³-hybridized carbons (Fsp3) is 0. The number of carbonyl (C=O) groups excluding carboxylic acids is 1. The van der Waals surface area contributed by atoms with E-state index in [0.29, 0.717) is 10.2 Å². The van der Waals surface area contributed by atoms with Crippen LogP contribution < -0.4 is 5.48 Å². The molecule has 6 heteroatoms. The summed E-state index contributed by atoms with van der Waals surface area (Å²) in [5, 5.41) is 8.24. The quantitative estimate of drug-likeness (QED) is 0.452. The average Bonchev–Trinajstić information content (AvgIpc) is 2.03. The number of carbonyl (C=O) groups is 1. The molecule has 1 aromatic rings. The lowest BCUT2D eigenvalue weighted by Crippen LogP contribution is -2.18. The number of hydrogen-bond acceptors (Lipinski definition) is 3. The minimum absolute atomic E-state index is 0. The van der Waals surface area contributed by atoms with Crippen molar-refractivity contribution in [2.45, 2.75) is 0 Å². The number of halogens is 2. The van der Waals surface area contributed by atoms with E-state index in [1.807, 2.05) is 0 Å². The van der Waals surface area contributed by atoms with Crippen LogP contribution in [0.4, 0.5) is 0 Å². The van der Waals surface area contributed by atoms with Crippen LogP contribution in [0.2, 0.25) is 0 Å². The van der Waals surface area contributed by atoms with Crippen molar-refractivity contribution in [1.29, 1.82) is 0 Å². The first kappa shape index (κ1) is 11.4. The van der Waals surface area contributed by atoms with E-state index in [2.05, 4.69) is 20.9 Å². The van der Waals surface area contributed by atoms with E-state index in [9.17, 15) is 4.79 Å². The molecule has 0 aliphatic carbocycles. The highest BCUT2D eigenvalue weighted by Crippen LogP contribution is 2.07. The van der Waals surface area contributed by atoms with Gasteiger partial charge in [-0.1, -0.05) is 0 Å². The Labute approximate surface area is 83.5 Å². The molecule has 1 aromatic heterocycles. The van der Waals surface area contributed by atoms with Crippen molar-refractivity contribution in [3.05, 3.63) is 28.5 Å². The molecule has 0 unspecified atom stereocenters. The third-order valence-corrected chi connectivity index (χ3v) is 1.52. The molecule has 4 nitrogen and oxygen atoms in total. The first-order valence-corrected chi connectivity index (χ1v) is 3.59. The molecule has 0 atom stereocenters. The Hall–Kier alpha value is -0.650. The number of amides is 1. The van der Waals surface area contributed by atoms with Crippen LogP contribution >= 0.6 is 28.3 Å². The predicted molar refractivity (Wildman–Crippen MR) is 48.4 cm³/mol. The molecule has 0 spiro atoms. The molecule has 0 saturated carbocycles. The molecular weight excluding hydrogens is 247 g/mol. The largest absolute Gasteiger partial charge is 0.288 e. The number of hydrogen-bond donors (Lipinski definition) is 2. The maximum Gasteiger partial charge on any atom is 0.274 e. The second kappa shape index (κ2) is 5.08. The minimum atomic E-state index is -0.548. The smallest absolute Gasteiger partial charge is 0.274 e. The molecule has 2 N–H and O–H groups in total. The Bertz CT molecular complexity index is 282. The van der Waals surface area contributed by atoms with E-state index in [1.165, 1.54) is 23.8 Å². The number of pyridine rings is 1. The zero-order valence-electron chi connectivity index (χ0n) is 5.82. The SMILES string of the molecule is Cl.O=C(NO)c1ccnc(Br)c1. The minimum Gasteiger partial charge on any atom is -0.288 e. The van der Waals surface area contributed by atoms with Gasteiger partial charge in [0, 0.05) is 11.8 Å². The molecule has 0 aliphatic rings. The Kier molecular flexibility index (Phi) is 4.80. The summed E-state index contributed by atoms with van der Waals surface area (Å²) in [6.07, 6.45) is 1.47. The highest BCUT2D eigenvalue weighted by molar-refractivity contribution is 9.10. The van der Waals surface area contributed by atoms with Crippen molar-refractivity contribution >= 4 is 34.2 Å². The van der Waals surface area contributed by atoms with Gasteiger partial charge in [-0.2, -0.15) is 0 Å². The molecule has 0 aliphatic heterocycles. The summed E-state index contributed by atoms with van der Waals surface area (Å²) in [5.41, 5.74) is 1.88. The van der Waals surface area contributed by atoms with Crippen LogP contribution in [0.1, 0.15) is 10.4 Å². The maximum absolute atomic E-state index is 10.8. The van der Waals surface area contributed by atoms with Gasteiger partial charge in [-0.05, 0) is 28.1 Å². The van der Waals surface area contributed by atoms with Crippen LogP contribution in [-0.4, -0.2) is 16.1 Å². The molecule has 0 bridgehead atoms. The molecule has 12 heavy (non-hydrogen) atoms. The third kappa shape index (κ3) is 2.77. The second-order valence-corrected chi connectivity index (χ2v) is 2.62. The van der Waals surface area contributed by atoms with Crippen molar-refractivity contribution in [2.24, 2.45) is 0 Å². The number of nitrogens with zero attached hydrogens (tertiary/aromatic N) is 1. The summed E-state index contributed by atoms with van der Waals surface area (Å²) < 4.78 is 0.554. The fourth-order valence-electron chi connectivity index (χ4n) is 0.608. The number of rotatable bonds is 1. The Morgan fingerprint density at radius 2 is 2.33 bits per heavy atom. The Balaban J connectivity index is 0.00000121. The van der Waals surface area contributed by atoms with Gasteiger partial charge in [-0.15, -0.1) is 12.4 Å². The van der Waals surface area contributed by atoms with Crippen LogP contribution in [0.15, 0.2) is 22.9 Å². The second-order valence-electron chi connectivity index (χ2n) is 1.81. The summed E-state index contributed by atoms with van der Waals surface area (Å²) in [7, 11) is 0. The van der Waals surface area contributed by atoms with Crippen molar-refractivity contribution in [3.8, 4) is 0 Å². The summed E-state index contributed by atoms with van der Waals surface area (Å²) >= 11 is 3.09. The Morgan fingerprint density at radius 3 is 2.83 bits per heavy atom. The summed E-state index contributed by atoms with van der Waals surface area (Å²) in [4.78, 5) is 14.6. The molecule has 1 heterocycles. The van der Waals surface area contributed by atoms with Crippen molar-refractivity contribution < 1.29 is 10.0 Å². The predicted octanol–water partition coefficient (Wildman–Crippen LogP) is 1.38. The summed E-state index contributed by atoms with van der Waals surface area (Å²) in [5.74, 6) is -0.548. The number of aromatic nitrogens is 1. The molecule has 1 rings (SSSR count). The van der Waals surface area contributed by atoms with Gasteiger partial charge in [0.15, 0.2) is 0 Å². The van der Waals surface area contributed by atoms with Gasteiger partial charge in [0.1, 0.15) is 4.60 Å². The van der Waals surface area contributed by atoms with Crippen molar-refractivity contribution in [3.63, 3.8) is 0 Å². The lowest BCUT2D eigenvalue weighted by Gasteiger charge is -1.96. The van der Waals surface area contributed by atoms with Gasteiger partial charge in [0.25, 0.3) is 5.91 Å². The van der Waals surface area contributed by atoms with Gasteiger partial charge in [0.2, 0.25) is 0 Å². The lowest BCUT2D eigenvalue weighted by molar-refractivity contribution is 0.0706. The highest BCUT2D eigenvalue weighted by atomic mass is 79.9. The van der Waals surface area contributed by atoms with Crippen LogP contribution in [-0.2, 0) is 0 Å². The van der Waals surface area contributed by atoms with E-state index < -0.39 is 5.91 Å². The first-order valence-electron chi connectivity index (χ1n) is 2.80. The number of hydroxylamine groups is 1. The van der Waals surface area contributed by atoms with Gasteiger partial charge in [0.05, 0.1) is 0 Å². The molecule has 0 radical (unpaired) electrons. The highest BCUT2D eigenvalue weighted by Gasteiger charge is 2.02. The molecule has 1 amide bonds. The van der Waals surface area contributed by atoms with Crippen LogP contribution in [0, 0.1) is 0 Å². The fourth-order valence-corrected chi connectivity index (χ4v) is 0.973. The third-order valence-electron chi connectivity index (χ3n) is 1.09. The normalized spacial score (nSPS) is 8.50. The van der Waals surface area contributed by atoms with Crippen LogP contribution in [0.25, 0.3) is 0 Å². The van der Waals surface area contributed by atoms with E-state index in [0.717, 1.165) is 0 Å². The van der Waals surface area contributed by atoms with Gasteiger partial charge in [-0.3, -0.25) is 10.0 Å². The first-order chi connectivity index (χ1) is 5.24. The van der Waals surface area contributed by atoms with E-state index in [-0.39, 0.29) is 12.4 Å². The molecule has 0 fully saturated rings.